The molecule has 0 aliphatic heterocycles. The number of aryl methyl sites for hydroxylation is 2. The Morgan fingerprint density at radius 2 is 2.03 bits per heavy atom. The number of nitrogens with one attached hydrogen (secondary N) is 2. The minimum absolute atomic E-state index is 0.126. The van der Waals surface area contributed by atoms with Crippen LogP contribution in [0, 0.1) is 6.92 Å². The molecule has 0 radical (unpaired) electrons. The first-order valence-corrected chi connectivity index (χ1v) is 10.1. The third-order valence-corrected chi connectivity index (χ3v) is 5.48. The third-order valence-electron chi connectivity index (χ3n) is 5.24. The van der Waals surface area contributed by atoms with Crippen LogP contribution in [-0.4, -0.2) is 15.8 Å². The SMILES string of the molecule is Cc1ccc2c(c1)C(NC(=O)NCc1cc(C(F)(F)F)nn1-c1cccc(Cl)c1)CC2. The van der Waals surface area contributed by atoms with Crippen LogP contribution in [0.3, 0.4) is 0 Å². The fourth-order valence-electron chi connectivity index (χ4n) is 3.77. The highest BCUT2D eigenvalue weighted by molar-refractivity contribution is 6.30. The number of fused-ring (bicyclic) bond motifs is 1. The predicted molar refractivity (Wildman–Crippen MR) is 111 cm³/mol. The number of alkyl halides is 3. The van der Waals surface area contributed by atoms with Gasteiger partial charge in [-0.3, -0.25) is 0 Å². The molecule has 1 aliphatic carbocycles. The molecule has 3 aromatic rings. The number of aromatic nitrogens is 2. The van der Waals surface area contributed by atoms with E-state index in [4.69, 9.17) is 11.6 Å². The summed E-state index contributed by atoms with van der Waals surface area (Å²) < 4.78 is 40.8. The van der Waals surface area contributed by atoms with Gasteiger partial charge in [0.1, 0.15) is 0 Å². The maximum Gasteiger partial charge on any atom is 0.435 e. The molecule has 5 nitrogen and oxygen atoms in total. The van der Waals surface area contributed by atoms with E-state index in [1.165, 1.54) is 11.6 Å². The summed E-state index contributed by atoms with van der Waals surface area (Å²) in [5.74, 6) is 0. The molecule has 0 spiro atoms. The Kier molecular flexibility index (Phi) is 5.66. The summed E-state index contributed by atoms with van der Waals surface area (Å²) in [6.45, 7) is 1.86. The standard InChI is InChI=1S/C22H20ClF3N4O/c1-13-5-6-14-7-8-19(18(14)9-13)28-21(31)27-12-17-11-20(22(24,25)26)29-30(17)16-4-2-3-15(23)10-16/h2-6,9-11,19H,7-8,12H2,1H3,(H2,27,28,31). The average Bonchev–Trinajstić information content (AvgIpc) is 3.31. The largest absolute Gasteiger partial charge is 0.435 e. The Labute approximate surface area is 182 Å². The number of hydrogen-bond acceptors (Lipinski definition) is 2. The molecule has 9 heteroatoms. The molecule has 0 saturated heterocycles. The van der Waals surface area contributed by atoms with E-state index in [0.717, 1.165) is 34.7 Å². The summed E-state index contributed by atoms with van der Waals surface area (Å²) in [6.07, 6.45) is -2.95. The van der Waals surface area contributed by atoms with Gasteiger partial charge in [0.2, 0.25) is 0 Å². The lowest BCUT2D eigenvalue weighted by Gasteiger charge is -2.16. The number of amides is 2. The van der Waals surface area contributed by atoms with Crippen molar-refractivity contribution in [3.63, 3.8) is 0 Å². The molecular formula is C22H20ClF3N4O. The molecule has 1 aliphatic rings. The highest BCUT2D eigenvalue weighted by Crippen LogP contribution is 2.32. The molecule has 31 heavy (non-hydrogen) atoms. The number of carbonyl (C=O) groups is 1. The Hall–Kier alpha value is -3.00. The van der Waals surface area contributed by atoms with Crippen LogP contribution in [0.25, 0.3) is 5.69 Å². The molecule has 162 valence electrons. The Morgan fingerprint density at radius 1 is 1.23 bits per heavy atom. The molecule has 1 atom stereocenters. The molecule has 0 fully saturated rings. The van der Waals surface area contributed by atoms with Crippen LogP contribution >= 0.6 is 11.6 Å². The minimum atomic E-state index is -4.60. The second kappa shape index (κ2) is 8.26. The van der Waals surface area contributed by atoms with Gasteiger partial charge < -0.3 is 10.6 Å². The Bertz CT molecular complexity index is 1130. The van der Waals surface area contributed by atoms with Gasteiger partial charge in [-0.25, -0.2) is 9.48 Å². The van der Waals surface area contributed by atoms with Crippen molar-refractivity contribution in [3.05, 3.63) is 81.6 Å². The van der Waals surface area contributed by atoms with Crippen LogP contribution in [0.2, 0.25) is 5.02 Å². The van der Waals surface area contributed by atoms with Crippen LogP contribution < -0.4 is 10.6 Å². The van der Waals surface area contributed by atoms with E-state index in [1.807, 2.05) is 13.0 Å². The molecular weight excluding hydrogens is 429 g/mol. The monoisotopic (exact) mass is 448 g/mol. The highest BCUT2D eigenvalue weighted by atomic mass is 35.5. The zero-order valence-corrected chi connectivity index (χ0v) is 17.4. The summed E-state index contributed by atoms with van der Waals surface area (Å²) >= 11 is 5.98. The maximum absolute atomic E-state index is 13.2. The van der Waals surface area contributed by atoms with Crippen molar-refractivity contribution in [3.8, 4) is 5.69 Å². The summed E-state index contributed by atoms with van der Waals surface area (Å²) in [6, 6.07) is 12.8. The summed E-state index contributed by atoms with van der Waals surface area (Å²) in [4.78, 5) is 12.5. The first-order valence-electron chi connectivity index (χ1n) is 9.76. The number of benzene rings is 2. The smallest absolute Gasteiger partial charge is 0.332 e. The van der Waals surface area contributed by atoms with Crippen LogP contribution in [0.15, 0.2) is 48.5 Å². The lowest BCUT2D eigenvalue weighted by atomic mass is 10.1. The van der Waals surface area contributed by atoms with Gasteiger partial charge in [-0.05, 0) is 55.2 Å². The number of hydrogen-bond donors (Lipinski definition) is 2. The van der Waals surface area contributed by atoms with E-state index >= 15 is 0 Å². The van der Waals surface area contributed by atoms with Crippen LogP contribution in [0.4, 0.5) is 18.0 Å². The number of carbonyl (C=O) groups excluding carboxylic acids is 1. The lowest BCUT2D eigenvalue weighted by Crippen LogP contribution is -2.37. The molecule has 2 N–H and O–H groups in total. The highest BCUT2D eigenvalue weighted by Gasteiger charge is 2.35. The van der Waals surface area contributed by atoms with Crippen molar-refractivity contribution >= 4 is 17.6 Å². The van der Waals surface area contributed by atoms with E-state index in [9.17, 15) is 18.0 Å². The van der Waals surface area contributed by atoms with E-state index in [-0.39, 0.29) is 18.3 Å². The number of rotatable bonds is 4. The van der Waals surface area contributed by atoms with Crippen LogP contribution in [0.5, 0.6) is 0 Å². The van der Waals surface area contributed by atoms with E-state index in [2.05, 4.69) is 27.9 Å². The van der Waals surface area contributed by atoms with Crippen molar-refractivity contribution in [2.75, 3.05) is 0 Å². The van der Waals surface area contributed by atoms with Crippen LogP contribution in [-0.2, 0) is 19.1 Å². The molecule has 2 amide bonds. The van der Waals surface area contributed by atoms with Crippen molar-refractivity contribution in [1.29, 1.82) is 0 Å². The summed E-state index contributed by atoms with van der Waals surface area (Å²) in [7, 11) is 0. The molecule has 2 aromatic carbocycles. The average molecular weight is 449 g/mol. The second-order valence-corrected chi connectivity index (χ2v) is 7.97. The fraction of sp³-hybridized carbons (Fsp3) is 0.273. The van der Waals surface area contributed by atoms with E-state index in [1.54, 1.807) is 18.2 Å². The van der Waals surface area contributed by atoms with Gasteiger partial charge in [0.25, 0.3) is 0 Å². The molecule has 0 saturated carbocycles. The van der Waals surface area contributed by atoms with Crippen molar-refractivity contribution in [2.45, 2.75) is 38.5 Å². The quantitative estimate of drug-likeness (QED) is 0.566. The number of nitrogens with zero attached hydrogens (tertiary/aromatic N) is 2. The van der Waals surface area contributed by atoms with Gasteiger partial charge in [-0.15, -0.1) is 0 Å². The third kappa shape index (κ3) is 4.69. The first-order chi connectivity index (χ1) is 14.7. The summed E-state index contributed by atoms with van der Waals surface area (Å²) in [5.41, 5.74) is 2.92. The molecule has 1 unspecified atom stereocenters. The summed E-state index contributed by atoms with van der Waals surface area (Å²) in [5, 5.41) is 9.61. The maximum atomic E-state index is 13.2. The van der Waals surface area contributed by atoms with Gasteiger partial charge in [-0.2, -0.15) is 18.3 Å². The molecule has 4 rings (SSSR count). The van der Waals surface area contributed by atoms with Gasteiger partial charge in [0.15, 0.2) is 5.69 Å². The second-order valence-electron chi connectivity index (χ2n) is 7.53. The van der Waals surface area contributed by atoms with Gasteiger partial charge in [0.05, 0.1) is 24.0 Å². The van der Waals surface area contributed by atoms with E-state index in [0.29, 0.717) is 10.7 Å². The van der Waals surface area contributed by atoms with Crippen LogP contribution in [0.1, 0.15) is 40.5 Å². The van der Waals surface area contributed by atoms with Crippen molar-refractivity contribution < 1.29 is 18.0 Å². The van der Waals surface area contributed by atoms with Gasteiger partial charge in [-0.1, -0.05) is 41.4 Å². The predicted octanol–water partition coefficient (Wildman–Crippen LogP) is 5.34. The normalized spacial score (nSPS) is 15.6. The van der Waals surface area contributed by atoms with Gasteiger partial charge >= 0.3 is 12.2 Å². The van der Waals surface area contributed by atoms with E-state index < -0.39 is 17.9 Å². The minimum Gasteiger partial charge on any atom is -0.332 e. The van der Waals surface area contributed by atoms with Crippen molar-refractivity contribution in [2.24, 2.45) is 0 Å². The zero-order valence-electron chi connectivity index (χ0n) is 16.6. The zero-order chi connectivity index (χ0) is 22.2. The molecule has 1 heterocycles. The lowest BCUT2D eigenvalue weighted by molar-refractivity contribution is -0.141. The first kappa shape index (κ1) is 21.2. The topological polar surface area (TPSA) is 59.0 Å². The number of urea groups is 1. The van der Waals surface area contributed by atoms with Crippen molar-refractivity contribution in [1.82, 2.24) is 20.4 Å². The molecule has 0 bridgehead atoms. The molecule has 1 aromatic heterocycles. The van der Waals surface area contributed by atoms with Gasteiger partial charge in [0, 0.05) is 5.02 Å². The Morgan fingerprint density at radius 3 is 2.77 bits per heavy atom. The number of halogens is 4. The Balaban J connectivity index is 1.50. The fourth-order valence-corrected chi connectivity index (χ4v) is 3.95.